The third kappa shape index (κ3) is 37.7. The summed E-state index contributed by atoms with van der Waals surface area (Å²) in [5.41, 5.74) is 0. The maximum Gasteiger partial charge on any atom is 0.306 e. The van der Waals surface area contributed by atoms with Crippen molar-refractivity contribution < 1.29 is 28.6 Å². The van der Waals surface area contributed by atoms with Gasteiger partial charge in [-0.05, 0) is 19.3 Å². The Hall–Kier alpha value is -1.59. The van der Waals surface area contributed by atoms with Crippen molar-refractivity contribution in [2.75, 3.05) is 13.2 Å². The van der Waals surface area contributed by atoms with Crippen LogP contribution in [0.15, 0.2) is 0 Å². The zero-order valence-electron chi connectivity index (χ0n) is 33.7. The maximum absolute atomic E-state index is 12.6. The molecular formula is C44H84O6. The van der Waals surface area contributed by atoms with Gasteiger partial charge in [-0.1, -0.05) is 207 Å². The normalized spacial score (nSPS) is 11.8. The quantitative estimate of drug-likeness (QED) is 0.0358. The summed E-state index contributed by atoms with van der Waals surface area (Å²) >= 11 is 0. The van der Waals surface area contributed by atoms with E-state index in [4.69, 9.17) is 14.2 Å². The Balaban J connectivity index is 4.09. The minimum Gasteiger partial charge on any atom is -0.462 e. The molecule has 0 aliphatic rings. The second kappa shape index (κ2) is 40.2. The van der Waals surface area contributed by atoms with Crippen LogP contribution in [0.4, 0.5) is 0 Å². The molecule has 0 aromatic rings. The molecule has 0 aromatic heterocycles. The number of carbonyl (C=O) groups is 3. The number of carbonyl (C=O) groups excluding carboxylic acids is 3. The Kier molecular flexibility index (Phi) is 38.9. The van der Waals surface area contributed by atoms with Gasteiger partial charge in [0.25, 0.3) is 0 Å². The van der Waals surface area contributed by atoms with Crippen molar-refractivity contribution in [1.29, 1.82) is 0 Å². The number of ether oxygens (including phenoxy) is 3. The fourth-order valence-corrected chi connectivity index (χ4v) is 6.50. The Morgan fingerprint density at radius 3 is 0.800 bits per heavy atom. The van der Waals surface area contributed by atoms with Crippen molar-refractivity contribution in [2.45, 2.75) is 252 Å². The highest BCUT2D eigenvalue weighted by Gasteiger charge is 2.19. The molecule has 0 saturated carbocycles. The second-order valence-corrected chi connectivity index (χ2v) is 15.0. The average Bonchev–Trinajstić information content (AvgIpc) is 3.11. The van der Waals surface area contributed by atoms with Crippen molar-refractivity contribution in [3.8, 4) is 0 Å². The van der Waals surface area contributed by atoms with E-state index in [1.54, 1.807) is 0 Å². The van der Waals surface area contributed by atoms with E-state index in [1.165, 1.54) is 141 Å². The van der Waals surface area contributed by atoms with Gasteiger partial charge in [-0.25, -0.2) is 0 Å². The van der Waals surface area contributed by atoms with Gasteiger partial charge >= 0.3 is 17.9 Å². The van der Waals surface area contributed by atoms with Crippen LogP contribution in [-0.2, 0) is 28.6 Å². The summed E-state index contributed by atoms with van der Waals surface area (Å²) in [4.78, 5) is 37.3. The SMILES string of the molecule is CCCCCCCCCCCCCCCCCCCCC(=O)OCC(COC(=O)CCCCCCC)OC(=O)CCCCCCCCCCC. The molecule has 0 aliphatic heterocycles. The lowest BCUT2D eigenvalue weighted by Gasteiger charge is -2.18. The van der Waals surface area contributed by atoms with Crippen LogP contribution in [0.1, 0.15) is 245 Å². The van der Waals surface area contributed by atoms with E-state index in [1.807, 2.05) is 0 Å². The fourth-order valence-electron chi connectivity index (χ4n) is 6.50. The molecule has 0 amide bonds. The van der Waals surface area contributed by atoms with Gasteiger partial charge in [0, 0.05) is 19.3 Å². The fraction of sp³-hybridized carbons (Fsp3) is 0.932. The van der Waals surface area contributed by atoms with Gasteiger partial charge in [0.05, 0.1) is 0 Å². The minimum atomic E-state index is -0.755. The summed E-state index contributed by atoms with van der Waals surface area (Å²) in [6.45, 7) is 6.55. The molecule has 0 radical (unpaired) electrons. The van der Waals surface area contributed by atoms with E-state index in [2.05, 4.69) is 20.8 Å². The molecule has 0 aliphatic carbocycles. The molecule has 0 bridgehead atoms. The van der Waals surface area contributed by atoms with Gasteiger partial charge in [-0.15, -0.1) is 0 Å². The summed E-state index contributed by atoms with van der Waals surface area (Å²) in [6.07, 6.45) is 39.8. The molecule has 0 N–H and O–H groups in total. The van der Waals surface area contributed by atoms with E-state index >= 15 is 0 Å². The van der Waals surface area contributed by atoms with Crippen LogP contribution in [-0.4, -0.2) is 37.2 Å². The lowest BCUT2D eigenvalue weighted by molar-refractivity contribution is -0.167. The van der Waals surface area contributed by atoms with E-state index in [-0.39, 0.29) is 31.1 Å². The van der Waals surface area contributed by atoms with Crippen LogP contribution in [0.2, 0.25) is 0 Å². The summed E-state index contributed by atoms with van der Waals surface area (Å²) < 4.78 is 16.6. The van der Waals surface area contributed by atoms with Crippen LogP contribution in [0.5, 0.6) is 0 Å². The lowest BCUT2D eigenvalue weighted by Crippen LogP contribution is -2.30. The molecule has 50 heavy (non-hydrogen) atoms. The van der Waals surface area contributed by atoms with E-state index < -0.39 is 6.10 Å². The van der Waals surface area contributed by atoms with E-state index in [0.29, 0.717) is 19.3 Å². The maximum atomic E-state index is 12.6. The molecule has 0 aromatic carbocycles. The van der Waals surface area contributed by atoms with Gasteiger partial charge in [-0.2, -0.15) is 0 Å². The van der Waals surface area contributed by atoms with Crippen LogP contribution in [0.25, 0.3) is 0 Å². The van der Waals surface area contributed by atoms with Crippen molar-refractivity contribution >= 4 is 17.9 Å². The number of hydrogen-bond acceptors (Lipinski definition) is 6. The first-order valence-electron chi connectivity index (χ1n) is 22.0. The van der Waals surface area contributed by atoms with Crippen molar-refractivity contribution in [3.63, 3.8) is 0 Å². The largest absolute Gasteiger partial charge is 0.462 e. The number of rotatable bonds is 40. The highest BCUT2D eigenvalue weighted by atomic mass is 16.6. The van der Waals surface area contributed by atoms with Gasteiger partial charge in [-0.3, -0.25) is 14.4 Å². The summed E-state index contributed by atoms with van der Waals surface area (Å²) in [5, 5.41) is 0. The molecule has 0 saturated heterocycles. The standard InChI is InChI=1S/C44H84O6/c1-4-7-10-13-15-17-18-19-20-21-22-23-24-25-27-28-31-34-37-43(46)49-40-41(39-48-42(45)36-33-30-12-9-6-3)50-44(47)38-35-32-29-26-16-14-11-8-5-2/h41H,4-40H2,1-3H3. The molecule has 6 heteroatoms. The number of esters is 3. The Bertz CT molecular complexity index is 738. The van der Waals surface area contributed by atoms with Gasteiger partial charge < -0.3 is 14.2 Å². The van der Waals surface area contributed by atoms with Crippen molar-refractivity contribution in [1.82, 2.24) is 0 Å². The molecule has 0 spiro atoms. The Labute approximate surface area is 310 Å². The summed E-state index contributed by atoms with van der Waals surface area (Å²) in [7, 11) is 0. The first-order chi connectivity index (χ1) is 24.5. The molecule has 0 rings (SSSR count). The van der Waals surface area contributed by atoms with Gasteiger partial charge in [0.15, 0.2) is 6.10 Å². The predicted octanol–water partition coefficient (Wildman–Crippen LogP) is 13.7. The Morgan fingerprint density at radius 2 is 0.540 bits per heavy atom. The molecule has 1 unspecified atom stereocenters. The molecule has 296 valence electrons. The predicted molar refractivity (Wildman–Crippen MR) is 210 cm³/mol. The van der Waals surface area contributed by atoms with Crippen molar-refractivity contribution in [2.24, 2.45) is 0 Å². The smallest absolute Gasteiger partial charge is 0.306 e. The zero-order chi connectivity index (χ0) is 36.6. The molecule has 6 nitrogen and oxygen atoms in total. The highest BCUT2D eigenvalue weighted by molar-refractivity contribution is 5.71. The third-order valence-electron chi connectivity index (χ3n) is 9.86. The van der Waals surface area contributed by atoms with Gasteiger partial charge in [0.1, 0.15) is 13.2 Å². The summed E-state index contributed by atoms with van der Waals surface area (Å²) in [6, 6.07) is 0. The number of unbranched alkanes of at least 4 members (excludes halogenated alkanes) is 29. The monoisotopic (exact) mass is 709 g/mol. The molecule has 0 heterocycles. The topological polar surface area (TPSA) is 78.9 Å². The first kappa shape index (κ1) is 48.4. The molecule has 1 atom stereocenters. The minimum absolute atomic E-state index is 0.0643. The third-order valence-corrected chi connectivity index (χ3v) is 9.86. The van der Waals surface area contributed by atoms with E-state index in [0.717, 1.165) is 64.2 Å². The molecule has 0 fully saturated rings. The summed E-state index contributed by atoms with van der Waals surface area (Å²) in [5.74, 6) is -0.872. The van der Waals surface area contributed by atoms with Crippen LogP contribution in [0.3, 0.4) is 0 Å². The highest BCUT2D eigenvalue weighted by Crippen LogP contribution is 2.16. The second-order valence-electron chi connectivity index (χ2n) is 15.0. The zero-order valence-corrected chi connectivity index (χ0v) is 33.7. The van der Waals surface area contributed by atoms with E-state index in [9.17, 15) is 14.4 Å². The van der Waals surface area contributed by atoms with Crippen LogP contribution < -0.4 is 0 Å². The molecular weight excluding hydrogens is 624 g/mol. The lowest BCUT2D eigenvalue weighted by atomic mass is 10.0. The Morgan fingerprint density at radius 1 is 0.320 bits per heavy atom. The van der Waals surface area contributed by atoms with Crippen molar-refractivity contribution in [3.05, 3.63) is 0 Å². The first-order valence-corrected chi connectivity index (χ1v) is 22.0. The average molecular weight is 709 g/mol. The van der Waals surface area contributed by atoms with Crippen LogP contribution >= 0.6 is 0 Å². The van der Waals surface area contributed by atoms with Gasteiger partial charge in [0.2, 0.25) is 0 Å². The number of hydrogen-bond donors (Lipinski definition) is 0. The van der Waals surface area contributed by atoms with Crippen LogP contribution in [0, 0.1) is 0 Å².